The number of Topliss-reactive ketones (excluding diaryl/α,β-unsaturated/α-hetero) is 1. The van der Waals surface area contributed by atoms with Gasteiger partial charge in [0, 0.05) is 35.3 Å². The van der Waals surface area contributed by atoms with E-state index in [1.54, 1.807) is 6.20 Å². The number of para-hydroxylation sites is 2. The summed E-state index contributed by atoms with van der Waals surface area (Å²) in [5.41, 5.74) is 3.35. The topological polar surface area (TPSA) is 41.1 Å². The van der Waals surface area contributed by atoms with E-state index in [1.165, 1.54) is 0 Å². The van der Waals surface area contributed by atoms with Gasteiger partial charge in [0.25, 0.3) is 0 Å². The summed E-state index contributed by atoms with van der Waals surface area (Å²) in [4.78, 5) is 12.3. The van der Waals surface area contributed by atoms with Crippen LogP contribution < -0.4 is 10.6 Å². The summed E-state index contributed by atoms with van der Waals surface area (Å²) in [6.45, 7) is 0.551. The van der Waals surface area contributed by atoms with Crippen molar-refractivity contribution in [3.05, 3.63) is 71.9 Å². The molecule has 0 bridgehead atoms. The van der Waals surface area contributed by atoms with Gasteiger partial charge < -0.3 is 10.6 Å². The smallest absolute Gasteiger partial charge is 0.194 e. The van der Waals surface area contributed by atoms with E-state index in [4.69, 9.17) is 0 Å². The molecule has 3 heteroatoms. The number of fused-ring (bicyclic) bond motifs is 1. The fourth-order valence-electron chi connectivity index (χ4n) is 2.10. The van der Waals surface area contributed by atoms with Crippen molar-refractivity contribution in [1.29, 1.82) is 0 Å². The summed E-state index contributed by atoms with van der Waals surface area (Å²) in [6, 6.07) is 17.4. The second-order valence-corrected chi connectivity index (χ2v) is 4.41. The molecule has 2 aromatic rings. The molecular formula is C16H14N2O. The lowest BCUT2D eigenvalue weighted by molar-refractivity contribution is 0.103. The molecule has 19 heavy (non-hydrogen) atoms. The maximum Gasteiger partial charge on any atom is 0.194 e. The zero-order chi connectivity index (χ0) is 13.1. The molecule has 94 valence electrons. The molecule has 1 heterocycles. The number of rotatable bonds is 2. The third-order valence-electron chi connectivity index (χ3n) is 3.12. The zero-order valence-electron chi connectivity index (χ0n) is 10.4. The van der Waals surface area contributed by atoms with Crippen LogP contribution in [0.2, 0.25) is 0 Å². The Bertz CT molecular complexity index is 632. The van der Waals surface area contributed by atoms with Gasteiger partial charge in [-0.15, -0.1) is 0 Å². The van der Waals surface area contributed by atoms with Gasteiger partial charge in [-0.1, -0.05) is 30.3 Å². The van der Waals surface area contributed by atoms with Crippen LogP contribution in [0.15, 0.2) is 66.4 Å². The minimum atomic E-state index is 0.0813. The lowest BCUT2D eigenvalue weighted by atomic mass is 9.98. The van der Waals surface area contributed by atoms with Gasteiger partial charge in [0.1, 0.15) is 0 Å². The summed E-state index contributed by atoms with van der Waals surface area (Å²) in [5, 5.41) is 6.40. The average molecular weight is 250 g/mol. The maximum absolute atomic E-state index is 12.3. The molecule has 0 amide bonds. The molecule has 0 saturated heterocycles. The molecule has 2 aromatic carbocycles. The van der Waals surface area contributed by atoms with E-state index in [0.717, 1.165) is 22.5 Å². The van der Waals surface area contributed by atoms with Crippen LogP contribution in [-0.2, 0) is 0 Å². The van der Waals surface area contributed by atoms with Crippen LogP contribution in [0.25, 0.3) is 0 Å². The first kappa shape index (κ1) is 11.5. The second-order valence-electron chi connectivity index (χ2n) is 4.41. The van der Waals surface area contributed by atoms with Crippen LogP contribution in [0.5, 0.6) is 0 Å². The van der Waals surface area contributed by atoms with Crippen molar-refractivity contribution in [1.82, 2.24) is 0 Å². The van der Waals surface area contributed by atoms with Crippen molar-refractivity contribution in [3.63, 3.8) is 0 Å². The summed E-state index contributed by atoms with van der Waals surface area (Å²) in [5.74, 6) is 0.0813. The molecule has 3 nitrogen and oxygen atoms in total. The van der Waals surface area contributed by atoms with Crippen LogP contribution in [0.4, 0.5) is 11.4 Å². The van der Waals surface area contributed by atoms with Crippen molar-refractivity contribution in [3.8, 4) is 0 Å². The average Bonchev–Trinajstić information content (AvgIpc) is 2.48. The minimum Gasteiger partial charge on any atom is -0.380 e. The van der Waals surface area contributed by atoms with Gasteiger partial charge in [-0.25, -0.2) is 0 Å². The highest BCUT2D eigenvalue weighted by Gasteiger charge is 2.20. The molecule has 0 atom stereocenters. The van der Waals surface area contributed by atoms with E-state index >= 15 is 0 Å². The number of carbonyl (C=O) groups is 1. The lowest BCUT2D eigenvalue weighted by Crippen LogP contribution is -2.22. The summed E-state index contributed by atoms with van der Waals surface area (Å²) < 4.78 is 0. The highest BCUT2D eigenvalue weighted by molar-refractivity contribution is 6.14. The first-order chi connectivity index (χ1) is 9.34. The third kappa shape index (κ3) is 2.36. The van der Waals surface area contributed by atoms with Crippen LogP contribution >= 0.6 is 0 Å². The van der Waals surface area contributed by atoms with E-state index in [0.29, 0.717) is 6.54 Å². The summed E-state index contributed by atoms with van der Waals surface area (Å²) in [7, 11) is 0. The Hall–Kier alpha value is -2.55. The van der Waals surface area contributed by atoms with E-state index in [9.17, 15) is 4.79 Å². The molecule has 0 aliphatic carbocycles. The normalized spacial score (nSPS) is 15.8. The molecule has 1 aliphatic rings. The predicted octanol–water partition coefficient (Wildman–Crippen LogP) is 3.29. The van der Waals surface area contributed by atoms with E-state index < -0.39 is 0 Å². The predicted molar refractivity (Wildman–Crippen MR) is 77.4 cm³/mol. The SMILES string of the molecule is O=C1C(=CNc2ccccc2)CNc2ccccc21. The van der Waals surface area contributed by atoms with Crippen molar-refractivity contribution < 1.29 is 4.79 Å². The highest BCUT2D eigenvalue weighted by Crippen LogP contribution is 2.23. The van der Waals surface area contributed by atoms with Gasteiger partial charge in [0.15, 0.2) is 5.78 Å². The van der Waals surface area contributed by atoms with Crippen molar-refractivity contribution in [2.45, 2.75) is 0 Å². The first-order valence-corrected chi connectivity index (χ1v) is 6.23. The van der Waals surface area contributed by atoms with Crippen molar-refractivity contribution in [2.75, 3.05) is 17.2 Å². The van der Waals surface area contributed by atoms with E-state index in [-0.39, 0.29) is 5.78 Å². The monoisotopic (exact) mass is 250 g/mol. The van der Waals surface area contributed by atoms with Crippen molar-refractivity contribution >= 4 is 17.2 Å². The molecular weight excluding hydrogens is 236 g/mol. The fourth-order valence-corrected chi connectivity index (χ4v) is 2.10. The number of ketones is 1. The number of carbonyl (C=O) groups excluding carboxylic acids is 1. The fraction of sp³-hybridized carbons (Fsp3) is 0.0625. The molecule has 2 N–H and O–H groups in total. The summed E-state index contributed by atoms with van der Waals surface area (Å²) in [6.07, 6.45) is 1.78. The van der Waals surface area contributed by atoms with Crippen LogP contribution in [0.1, 0.15) is 10.4 Å². The van der Waals surface area contributed by atoms with Crippen LogP contribution in [0, 0.1) is 0 Å². The molecule has 3 rings (SSSR count). The highest BCUT2D eigenvalue weighted by atomic mass is 16.1. The van der Waals surface area contributed by atoms with E-state index in [2.05, 4.69) is 10.6 Å². The van der Waals surface area contributed by atoms with Gasteiger partial charge in [-0.2, -0.15) is 0 Å². The van der Waals surface area contributed by atoms with Gasteiger partial charge in [-0.05, 0) is 24.3 Å². The minimum absolute atomic E-state index is 0.0813. The number of anilines is 2. The Morgan fingerprint density at radius 2 is 1.74 bits per heavy atom. The Kier molecular flexibility index (Phi) is 3.02. The Morgan fingerprint density at radius 1 is 1.00 bits per heavy atom. The van der Waals surface area contributed by atoms with Crippen molar-refractivity contribution in [2.24, 2.45) is 0 Å². The largest absolute Gasteiger partial charge is 0.380 e. The Labute approximate surface area is 112 Å². The third-order valence-corrected chi connectivity index (χ3v) is 3.12. The molecule has 0 saturated carbocycles. The van der Waals surface area contributed by atoms with Gasteiger partial charge in [0.2, 0.25) is 0 Å². The van der Waals surface area contributed by atoms with E-state index in [1.807, 2.05) is 54.6 Å². The van der Waals surface area contributed by atoms with Crippen LogP contribution in [-0.4, -0.2) is 12.3 Å². The molecule has 0 spiro atoms. The summed E-state index contributed by atoms with van der Waals surface area (Å²) >= 11 is 0. The van der Waals surface area contributed by atoms with Gasteiger partial charge in [-0.3, -0.25) is 4.79 Å². The Morgan fingerprint density at radius 3 is 2.58 bits per heavy atom. The molecule has 1 aliphatic heterocycles. The zero-order valence-corrected chi connectivity index (χ0v) is 10.4. The standard InChI is InChI=1S/C16H14N2O/c19-16-12(10-17-13-6-2-1-3-7-13)11-18-15-9-5-4-8-14(15)16/h1-10,17-18H,11H2. The lowest BCUT2D eigenvalue weighted by Gasteiger charge is -2.19. The maximum atomic E-state index is 12.3. The Balaban J connectivity index is 1.82. The number of nitrogens with one attached hydrogen (secondary N) is 2. The molecule has 0 radical (unpaired) electrons. The quantitative estimate of drug-likeness (QED) is 0.803. The molecule has 0 aromatic heterocycles. The second kappa shape index (κ2) is 4.98. The molecule has 0 fully saturated rings. The van der Waals surface area contributed by atoms with Gasteiger partial charge in [0.05, 0.1) is 0 Å². The first-order valence-electron chi connectivity index (χ1n) is 6.23. The number of benzene rings is 2. The number of hydrogen-bond donors (Lipinski definition) is 2. The van der Waals surface area contributed by atoms with Crippen LogP contribution in [0.3, 0.4) is 0 Å². The van der Waals surface area contributed by atoms with Gasteiger partial charge >= 0.3 is 0 Å². The molecule has 0 unspecified atom stereocenters. The number of hydrogen-bond acceptors (Lipinski definition) is 3.